The summed E-state index contributed by atoms with van der Waals surface area (Å²) >= 11 is 0. The van der Waals surface area contributed by atoms with Gasteiger partial charge < -0.3 is 14.4 Å². The first-order chi connectivity index (χ1) is 13.7. The first-order valence-corrected chi connectivity index (χ1v) is 9.31. The fourth-order valence-electron chi connectivity index (χ4n) is 3.76. The number of ether oxygens (including phenoxy) is 2. The normalized spacial score (nSPS) is 16.2. The van der Waals surface area contributed by atoms with E-state index in [2.05, 4.69) is 22.0 Å². The molecule has 0 N–H and O–H groups in total. The second kappa shape index (κ2) is 7.76. The molecule has 0 amide bonds. The van der Waals surface area contributed by atoms with Crippen LogP contribution in [0.5, 0.6) is 11.5 Å². The third-order valence-corrected chi connectivity index (χ3v) is 5.22. The summed E-state index contributed by atoms with van der Waals surface area (Å²) in [6, 6.07) is 14.2. The number of nitrogens with zero attached hydrogens (tertiary/aromatic N) is 3. The fourth-order valence-corrected chi connectivity index (χ4v) is 3.76. The number of methoxy groups -OCH3 is 2. The summed E-state index contributed by atoms with van der Waals surface area (Å²) in [4.78, 5) is 19.3. The first kappa shape index (κ1) is 18.1. The fraction of sp³-hybridized carbons (Fsp3) is 0.273. The third kappa shape index (κ3) is 3.33. The molecule has 144 valence electrons. The summed E-state index contributed by atoms with van der Waals surface area (Å²) in [6.45, 7) is 0.587. The zero-order chi connectivity index (χ0) is 19.5. The minimum atomic E-state index is -0.154. The lowest BCUT2D eigenvalue weighted by molar-refractivity contribution is 0.0833. The van der Waals surface area contributed by atoms with Crippen LogP contribution in [0.2, 0.25) is 0 Å². The third-order valence-electron chi connectivity index (χ3n) is 5.22. The average Bonchev–Trinajstić information content (AvgIpc) is 3.22. The van der Waals surface area contributed by atoms with Crippen LogP contribution in [-0.2, 0) is 6.42 Å². The molecule has 0 saturated carbocycles. The molecular formula is C22H23N3O3. The predicted molar refractivity (Wildman–Crippen MR) is 108 cm³/mol. The zero-order valence-corrected chi connectivity index (χ0v) is 16.0. The number of carbonyl (C=O) groups is 1. The highest BCUT2D eigenvalue weighted by Crippen LogP contribution is 2.41. The van der Waals surface area contributed by atoms with Crippen LogP contribution >= 0.6 is 0 Å². The van der Waals surface area contributed by atoms with Gasteiger partial charge in [0.15, 0.2) is 11.5 Å². The summed E-state index contributed by atoms with van der Waals surface area (Å²) in [5, 5.41) is 0. The molecule has 0 spiro atoms. The van der Waals surface area contributed by atoms with Crippen LogP contribution in [0.25, 0.3) is 0 Å². The Labute approximate surface area is 164 Å². The van der Waals surface area contributed by atoms with Crippen molar-refractivity contribution in [3.63, 3.8) is 0 Å². The van der Waals surface area contributed by atoms with E-state index in [1.165, 1.54) is 0 Å². The number of carbonyl (C=O) groups excluding carboxylic acids is 1. The van der Waals surface area contributed by atoms with Crippen molar-refractivity contribution in [2.45, 2.75) is 12.8 Å². The highest BCUT2D eigenvalue weighted by Gasteiger charge is 2.29. The lowest BCUT2D eigenvalue weighted by atomic mass is 10.00. The number of aromatic nitrogens is 2. The highest BCUT2D eigenvalue weighted by atomic mass is 16.5. The monoisotopic (exact) mass is 377 g/mol. The number of imidazole rings is 1. The van der Waals surface area contributed by atoms with Crippen LogP contribution in [0.1, 0.15) is 16.8 Å². The molecule has 3 aromatic rings. The van der Waals surface area contributed by atoms with Gasteiger partial charge in [0.1, 0.15) is 6.33 Å². The molecule has 1 aliphatic heterocycles. The number of benzene rings is 2. The quantitative estimate of drug-likeness (QED) is 0.689. The number of hydrogen-bond donors (Lipinski definition) is 0. The first-order valence-electron chi connectivity index (χ1n) is 9.31. The van der Waals surface area contributed by atoms with Crippen molar-refractivity contribution in [3.05, 3.63) is 66.7 Å². The second-order valence-electron chi connectivity index (χ2n) is 6.83. The lowest BCUT2D eigenvalue weighted by Crippen LogP contribution is -2.31. The number of anilines is 2. The van der Waals surface area contributed by atoms with Gasteiger partial charge in [-0.2, -0.15) is 0 Å². The van der Waals surface area contributed by atoms with Crippen molar-refractivity contribution in [3.8, 4) is 11.5 Å². The van der Waals surface area contributed by atoms with Gasteiger partial charge in [-0.1, -0.05) is 18.2 Å². The van der Waals surface area contributed by atoms with E-state index in [4.69, 9.17) is 9.47 Å². The Bertz CT molecular complexity index is 955. The molecule has 0 fully saturated rings. The molecule has 6 heteroatoms. The topological polar surface area (TPSA) is 56.6 Å². The smallest absolute Gasteiger partial charge is 0.236 e. The maximum atomic E-state index is 13.0. The molecule has 1 aliphatic rings. The molecule has 2 heterocycles. The van der Waals surface area contributed by atoms with Crippen LogP contribution in [0.3, 0.4) is 0 Å². The summed E-state index contributed by atoms with van der Waals surface area (Å²) in [7, 11) is 3.28. The molecule has 1 aromatic heterocycles. The molecule has 28 heavy (non-hydrogen) atoms. The van der Waals surface area contributed by atoms with Gasteiger partial charge >= 0.3 is 0 Å². The molecule has 6 nitrogen and oxygen atoms in total. The number of aryl methyl sites for hydroxylation is 1. The van der Waals surface area contributed by atoms with Gasteiger partial charge in [0.05, 0.1) is 20.1 Å². The molecule has 0 bridgehead atoms. The van der Waals surface area contributed by atoms with Crippen LogP contribution < -0.4 is 14.4 Å². The van der Waals surface area contributed by atoms with Crippen molar-refractivity contribution in [2.24, 2.45) is 5.92 Å². The largest absolute Gasteiger partial charge is 0.493 e. The Kier molecular flexibility index (Phi) is 5.02. The minimum absolute atomic E-state index is 0.0603. The Morgan fingerprint density at radius 3 is 2.54 bits per heavy atom. The van der Waals surface area contributed by atoms with Gasteiger partial charge in [0.2, 0.25) is 5.91 Å². The molecule has 1 atom stereocenters. The average molecular weight is 377 g/mol. The van der Waals surface area contributed by atoms with E-state index >= 15 is 0 Å². The Hall–Kier alpha value is -3.28. The van der Waals surface area contributed by atoms with Crippen molar-refractivity contribution >= 4 is 17.3 Å². The van der Waals surface area contributed by atoms with E-state index in [0.717, 1.165) is 29.8 Å². The van der Waals surface area contributed by atoms with E-state index in [1.54, 1.807) is 37.5 Å². The Balaban J connectivity index is 1.78. The van der Waals surface area contributed by atoms with Crippen LogP contribution in [0.4, 0.5) is 11.4 Å². The summed E-state index contributed by atoms with van der Waals surface area (Å²) < 4.78 is 12.6. The predicted octanol–water partition coefficient (Wildman–Crippen LogP) is 3.94. The second-order valence-corrected chi connectivity index (χ2v) is 6.83. The summed E-state index contributed by atoms with van der Waals surface area (Å²) in [5.74, 6) is 1.29. The number of hydrogen-bond acceptors (Lipinski definition) is 5. The molecule has 2 aromatic carbocycles. The van der Waals surface area contributed by atoms with Gasteiger partial charge in [0.25, 0.3) is 0 Å². The van der Waals surface area contributed by atoms with E-state index in [-0.39, 0.29) is 11.8 Å². The number of para-hydroxylation sites is 1. The maximum absolute atomic E-state index is 13.0. The molecule has 4 rings (SSSR count). The van der Waals surface area contributed by atoms with E-state index in [1.807, 2.05) is 30.3 Å². The van der Waals surface area contributed by atoms with Gasteiger partial charge in [-0.15, -0.1) is 0 Å². The molecular weight excluding hydrogens is 354 g/mol. The molecule has 0 saturated heterocycles. The van der Waals surface area contributed by atoms with Crippen LogP contribution in [-0.4, -0.2) is 36.2 Å². The molecule has 0 aliphatic carbocycles. The summed E-state index contributed by atoms with van der Waals surface area (Å²) in [5.41, 5.74) is 3.23. The van der Waals surface area contributed by atoms with E-state index < -0.39 is 0 Å². The Morgan fingerprint density at radius 2 is 1.86 bits per heavy atom. The molecule has 0 unspecified atom stereocenters. The van der Waals surface area contributed by atoms with Crippen LogP contribution in [0, 0.1) is 5.92 Å². The Morgan fingerprint density at radius 1 is 1.11 bits per heavy atom. The minimum Gasteiger partial charge on any atom is -0.493 e. The van der Waals surface area contributed by atoms with Gasteiger partial charge in [0, 0.05) is 36.4 Å². The summed E-state index contributed by atoms with van der Waals surface area (Å²) in [6.07, 6.45) is 6.44. The standard InChI is InChI=1S/C22H23N3O3/c1-27-20-12-16-8-9-17(22(26)24-11-10-23-15-24)14-25(18-6-4-3-5-7-18)19(16)13-21(20)28-2/h3-7,10-13,15,17H,8-9,14H2,1-2H3/t17-/m1/s1. The van der Waals surface area contributed by atoms with E-state index in [0.29, 0.717) is 18.0 Å². The molecule has 0 radical (unpaired) electrons. The van der Waals surface area contributed by atoms with Crippen molar-refractivity contribution in [1.82, 2.24) is 9.55 Å². The SMILES string of the molecule is COc1cc2c(cc1OC)N(c1ccccc1)C[C@H](C(=O)n1ccnc1)CC2. The van der Waals surface area contributed by atoms with Crippen LogP contribution in [0.15, 0.2) is 61.2 Å². The maximum Gasteiger partial charge on any atom is 0.236 e. The van der Waals surface area contributed by atoms with Crippen molar-refractivity contribution in [1.29, 1.82) is 0 Å². The van der Waals surface area contributed by atoms with Crippen molar-refractivity contribution < 1.29 is 14.3 Å². The van der Waals surface area contributed by atoms with Crippen molar-refractivity contribution in [2.75, 3.05) is 25.7 Å². The zero-order valence-electron chi connectivity index (χ0n) is 16.0. The van der Waals surface area contributed by atoms with Gasteiger partial charge in [-0.3, -0.25) is 9.36 Å². The van der Waals surface area contributed by atoms with Gasteiger partial charge in [-0.25, -0.2) is 4.98 Å². The highest BCUT2D eigenvalue weighted by molar-refractivity contribution is 5.83. The number of fused-ring (bicyclic) bond motifs is 1. The lowest BCUT2D eigenvalue weighted by Gasteiger charge is -2.28. The van der Waals surface area contributed by atoms with Gasteiger partial charge in [-0.05, 0) is 36.6 Å². The number of rotatable bonds is 4. The van der Waals surface area contributed by atoms with E-state index in [9.17, 15) is 4.79 Å².